The molecule has 0 aliphatic rings. The van der Waals surface area contributed by atoms with Gasteiger partial charge in [-0.3, -0.25) is 4.98 Å². The highest BCUT2D eigenvalue weighted by atomic mass is 79.9. The molecule has 2 aromatic rings. The van der Waals surface area contributed by atoms with E-state index < -0.39 is 0 Å². The van der Waals surface area contributed by atoms with Crippen molar-refractivity contribution in [3.05, 3.63) is 57.5 Å². The van der Waals surface area contributed by atoms with Gasteiger partial charge < -0.3 is 5.32 Å². The molecule has 0 fully saturated rings. The van der Waals surface area contributed by atoms with Crippen LogP contribution in [0.3, 0.4) is 0 Å². The fourth-order valence-corrected chi connectivity index (χ4v) is 2.09. The lowest BCUT2D eigenvalue weighted by molar-refractivity contribution is 0.617. The van der Waals surface area contributed by atoms with Gasteiger partial charge in [0.05, 0.1) is 23.6 Å². The second-order valence-corrected chi connectivity index (χ2v) is 5.18. The Bertz CT molecular complexity index is 545. The predicted molar refractivity (Wildman–Crippen MR) is 75.4 cm³/mol. The molecule has 1 N–H and O–H groups in total. The van der Waals surface area contributed by atoms with Crippen LogP contribution in [0.4, 0.5) is 10.1 Å². The van der Waals surface area contributed by atoms with Gasteiger partial charge in [-0.1, -0.05) is 11.6 Å². The quantitative estimate of drug-likeness (QED) is 0.874. The Morgan fingerprint density at radius 3 is 2.78 bits per heavy atom. The summed E-state index contributed by atoms with van der Waals surface area (Å²) < 4.78 is 13.7. The third-order valence-corrected chi connectivity index (χ3v) is 3.42. The predicted octanol–water partition coefficient (Wildman–Crippen LogP) is 4.81. The number of halogens is 3. The van der Waals surface area contributed by atoms with Gasteiger partial charge in [-0.05, 0) is 53.2 Å². The van der Waals surface area contributed by atoms with Crippen molar-refractivity contribution in [1.82, 2.24) is 4.98 Å². The number of aromatic nitrogens is 1. The van der Waals surface area contributed by atoms with Crippen LogP contribution in [-0.4, -0.2) is 4.98 Å². The Balaban J connectivity index is 2.18. The maximum absolute atomic E-state index is 12.8. The van der Waals surface area contributed by atoms with Crippen LogP contribution in [0.5, 0.6) is 0 Å². The number of anilines is 1. The number of nitrogens with zero attached hydrogens (tertiary/aromatic N) is 1. The first-order chi connectivity index (χ1) is 8.56. The summed E-state index contributed by atoms with van der Waals surface area (Å²) in [5.41, 5.74) is 1.64. The fourth-order valence-electron chi connectivity index (χ4n) is 1.56. The number of benzene rings is 1. The smallest absolute Gasteiger partial charge is 0.141 e. The minimum Gasteiger partial charge on any atom is -0.376 e. The van der Waals surface area contributed by atoms with Crippen LogP contribution in [-0.2, 0) is 0 Å². The zero-order chi connectivity index (χ0) is 13.1. The second-order valence-electron chi connectivity index (χ2n) is 3.89. The normalized spacial score (nSPS) is 12.2. The van der Waals surface area contributed by atoms with Crippen LogP contribution < -0.4 is 5.32 Å². The molecule has 1 aromatic heterocycles. The number of hydrogen-bond acceptors (Lipinski definition) is 2. The Kier molecular flexibility index (Phi) is 4.19. The van der Waals surface area contributed by atoms with Crippen LogP contribution in [0.15, 0.2) is 41.0 Å². The van der Waals surface area contributed by atoms with Gasteiger partial charge in [-0.2, -0.15) is 0 Å². The van der Waals surface area contributed by atoms with Crippen molar-refractivity contribution < 1.29 is 4.39 Å². The summed E-state index contributed by atoms with van der Waals surface area (Å²) >= 11 is 9.38. The fraction of sp³-hybridized carbons (Fsp3) is 0.154. The lowest BCUT2D eigenvalue weighted by Gasteiger charge is -2.16. The van der Waals surface area contributed by atoms with Crippen LogP contribution in [0, 0.1) is 5.82 Å². The average Bonchev–Trinajstić information content (AvgIpc) is 2.34. The van der Waals surface area contributed by atoms with Crippen molar-refractivity contribution in [1.29, 1.82) is 0 Å². The molecule has 0 saturated heterocycles. The molecule has 0 amide bonds. The maximum Gasteiger partial charge on any atom is 0.141 e. The van der Waals surface area contributed by atoms with Crippen molar-refractivity contribution in [3.63, 3.8) is 0 Å². The van der Waals surface area contributed by atoms with Crippen molar-refractivity contribution in [2.45, 2.75) is 13.0 Å². The van der Waals surface area contributed by atoms with Gasteiger partial charge in [0.25, 0.3) is 0 Å². The summed E-state index contributed by atoms with van der Waals surface area (Å²) in [5.74, 6) is -0.338. The minimum atomic E-state index is -0.338. The number of hydrogen-bond donors (Lipinski definition) is 1. The van der Waals surface area contributed by atoms with E-state index in [0.29, 0.717) is 5.02 Å². The highest BCUT2D eigenvalue weighted by Crippen LogP contribution is 2.28. The van der Waals surface area contributed by atoms with Crippen LogP contribution >= 0.6 is 27.5 Å². The van der Waals surface area contributed by atoms with Crippen LogP contribution in [0.25, 0.3) is 0 Å². The molecular weight excluding hydrogens is 319 g/mol. The second kappa shape index (κ2) is 5.67. The highest BCUT2D eigenvalue weighted by Gasteiger charge is 2.09. The summed E-state index contributed by atoms with van der Waals surface area (Å²) in [7, 11) is 0. The van der Waals surface area contributed by atoms with Crippen molar-refractivity contribution in [3.8, 4) is 0 Å². The first-order valence-corrected chi connectivity index (χ1v) is 6.56. The monoisotopic (exact) mass is 328 g/mol. The van der Waals surface area contributed by atoms with E-state index in [4.69, 9.17) is 11.6 Å². The van der Waals surface area contributed by atoms with Gasteiger partial charge in [-0.15, -0.1) is 0 Å². The summed E-state index contributed by atoms with van der Waals surface area (Å²) in [6.45, 7) is 1.95. The summed E-state index contributed by atoms with van der Waals surface area (Å²) in [6, 6.07) is 8.51. The van der Waals surface area contributed by atoms with Gasteiger partial charge in [0, 0.05) is 9.50 Å². The molecule has 18 heavy (non-hydrogen) atoms. The molecule has 1 unspecified atom stereocenters. The molecule has 0 spiro atoms. The Hall–Kier alpha value is -1.13. The van der Waals surface area contributed by atoms with Crippen molar-refractivity contribution >= 4 is 33.2 Å². The zero-order valence-corrected chi connectivity index (χ0v) is 12.0. The molecule has 94 valence electrons. The van der Waals surface area contributed by atoms with E-state index in [0.717, 1.165) is 15.9 Å². The third-order valence-electron chi connectivity index (χ3n) is 2.49. The molecule has 1 aromatic carbocycles. The van der Waals surface area contributed by atoms with E-state index in [9.17, 15) is 4.39 Å². The van der Waals surface area contributed by atoms with E-state index in [1.807, 2.05) is 19.1 Å². The Labute approximate surface area is 118 Å². The molecule has 0 bridgehead atoms. The molecule has 0 aliphatic carbocycles. The molecule has 0 aliphatic heterocycles. The molecule has 5 heteroatoms. The van der Waals surface area contributed by atoms with E-state index in [1.165, 1.54) is 12.3 Å². The molecule has 2 rings (SSSR count). The molecule has 2 nitrogen and oxygen atoms in total. The van der Waals surface area contributed by atoms with E-state index >= 15 is 0 Å². The molecule has 0 saturated carbocycles. The largest absolute Gasteiger partial charge is 0.376 e. The third kappa shape index (κ3) is 3.21. The van der Waals surface area contributed by atoms with Crippen molar-refractivity contribution in [2.75, 3.05) is 5.32 Å². The van der Waals surface area contributed by atoms with E-state index in [2.05, 4.69) is 26.2 Å². The molecular formula is C13H11BrClFN2. The molecule has 0 radical (unpaired) electrons. The zero-order valence-electron chi connectivity index (χ0n) is 9.62. The first kappa shape index (κ1) is 13.3. The Morgan fingerprint density at radius 1 is 1.33 bits per heavy atom. The standard InChI is InChI=1S/C13H11BrClFN2/c1-8(12-5-3-10(16)7-17-12)18-13-6-9(15)2-4-11(13)14/h2-8,18H,1H3. The van der Waals surface area contributed by atoms with Crippen LogP contribution in [0.2, 0.25) is 5.02 Å². The maximum atomic E-state index is 12.8. The Morgan fingerprint density at radius 2 is 2.11 bits per heavy atom. The lowest BCUT2D eigenvalue weighted by atomic mass is 10.2. The van der Waals surface area contributed by atoms with Crippen molar-refractivity contribution in [2.24, 2.45) is 0 Å². The molecule has 1 atom stereocenters. The lowest BCUT2D eigenvalue weighted by Crippen LogP contribution is -2.08. The summed E-state index contributed by atoms with van der Waals surface area (Å²) in [6.07, 6.45) is 1.21. The number of rotatable bonds is 3. The average molecular weight is 330 g/mol. The summed E-state index contributed by atoms with van der Waals surface area (Å²) in [4.78, 5) is 4.04. The van der Waals surface area contributed by atoms with Gasteiger partial charge in [0.1, 0.15) is 5.82 Å². The minimum absolute atomic E-state index is 0.0413. The van der Waals surface area contributed by atoms with Gasteiger partial charge in [-0.25, -0.2) is 4.39 Å². The van der Waals surface area contributed by atoms with Gasteiger partial charge in [0.15, 0.2) is 0 Å². The van der Waals surface area contributed by atoms with Gasteiger partial charge >= 0.3 is 0 Å². The SMILES string of the molecule is CC(Nc1cc(Cl)ccc1Br)c1ccc(F)cn1. The number of nitrogens with one attached hydrogen (secondary N) is 1. The number of pyridine rings is 1. The molecule has 1 heterocycles. The van der Waals surface area contributed by atoms with Gasteiger partial charge in [0.2, 0.25) is 0 Å². The topological polar surface area (TPSA) is 24.9 Å². The summed E-state index contributed by atoms with van der Waals surface area (Å²) in [5, 5.41) is 3.92. The van der Waals surface area contributed by atoms with E-state index in [-0.39, 0.29) is 11.9 Å². The van der Waals surface area contributed by atoms with Crippen LogP contribution in [0.1, 0.15) is 18.7 Å². The highest BCUT2D eigenvalue weighted by molar-refractivity contribution is 9.10. The first-order valence-electron chi connectivity index (χ1n) is 5.39. The van der Waals surface area contributed by atoms with E-state index in [1.54, 1.807) is 12.1 Å².